The maximum absolute atomic E-state index is 13.4. The molecular formula is C30H25ClFN5O3S. The number of hydrogen-bond donors (Lipinski definition) is 4. The molecule has 1 aliphatic rings. The Hall–Kier alpha value is -4.30. The lowest BCUT2D eigenvalue weighted by Crippen LogP contribution is -2.31. The summed E-state index contributed by atoms with van der Waals surface area (Å²) in [5, 5.41) is 27.0. The summed E-state index contributed by atoms with van der Waals surface area (Å²) in [5.74, 6) is 7.47. The molecule has 0 radical (unpaired) electrons. The second-order valence-electron chi connectivity index (χ2n) is 9.66. The Balaban J connectivity index is 1.11. The van der Waals surface area contributed by atoms with E-state index in [9.17, 15) is 14.6 Å². The highest BCUT2D eigenvalue weighted by atomic mass is 35.5. The maximum atomic E-state index is 13.4. The number of hydrogen-bond acceptors (Lipinski definition) is 8. The average molecular weight is 590 g/mol. The van der Waals surface area contributed by atoms with Gasteiger partial charge in [-0.1, -0.05) is 35.6 Å². The molecule has 4 N–H and O–H groups in total. The molecule has 0 amide bonds. The van der Waals surface area contributed by atoms with Gasteiger partial charge in [0.2, 0.25) is 0 Å². The highest BCUT2D eigenvalue weighted by Crippen LogP contribution is 2.33. The molecule has 8 nitrogen and oxygen atoms in total. The minimum absolute atomic E-state index is 0.0116. The summed E-state index contributed by atoms with van der Waals surface area (Å²) in [4.78, 5) is 9.69. The zero-order chi connectivity index (χ0) is 28.3. The van der Waals surface area contributed by atoms with Crippen molar-refractivity contribution >= 4 is 44.7 Å². The number of fused-ring (bicyclic) bond motifs is 1. The van der Waals surface area contributed by atoms with E-state index in [0.29, 0.717) is 28.7 Å². The Morgan fingerprint density at radius 3 is 2.76 bits per heavy atom. The van der Waals surface area contributed by atoms with Crippen LogP contribution in [0.2, 0.25) is 5.02 Å². The standard InChI is InChI=1S/C30H25ClFN5O3S/c31-24-13-21(7-9-26(24)40-16-18-2-1-3-19(32)12-18)36-30-29-25(33-17-34-30)14-23(41-29)8-6-20-4-5-22(35-20)15-37-27(38)10-11-28(37)39/h1-3,7,9-14,17,20,22,35,38-39H,4-5,15-16H2,(H,33,34,36)/t20-,22-/m1/s1. The largest absolute Gasteiger partial charge is 0.494 e. The minimum Gasteiger partial charge on any atom is -0.494 e. The van der Waals surface area contributed by atoms with Crippen LogP contribution in [0.25, 0.3) is 10.2 Å². The SMILES string of the molecule is Oc1ccc(O)n1C[C@H]1CC[C@H](C#Cc2cc3ncnc(Nc4ccc(OCc5cccc(F)c5)c(Cl)c4)c3s2)N1. The number of halogens is 2. The second kappa shape index (κ2) is 11.7. The summed E-state index contributed by atoms with van der Waals surface area (Å²) in [6, 6.07) is 16.6. The summed E-state index contributed by atoms with van der Waals surface area (Å²) >= 11 is 7.97. The zero-order valence-corrected chi connectivity index (χ0v) is 23.2. The number of rotatable bonds is 7. The third-order valence-corrected chi connectivity index (χ3v) is 8.08. The van der Waals surface area contributed by atoms with Gasteiger partial charge in [-0.2, -0.15) is 0 Å². The molecule has 1 saturated heterocycles. The Kier molecular flexibility index (Phi) is 7.65. The van der Waals surface area contributed by atoms with Gasteiger partial charge in [-0.25, -0.2) is 14.4 Å². The van der Waals surface area contributed by atoms with Crippen LogP contribution >= 0.6 is 22.9 Å². The molecule has 3 aromatic heterocycles. The fraction of sp³-hybridized carbons (Fsp3) is 0.200. The number of nitrogens with one attached hydrogen (secondary N) is 2. The molecule has 0 unspecified atom stereocenters. The van der Waals surface area contributed by atoms with E-state index in [1.165, 1.54) is 46.5 Å². The molecule has 0 spiro atoms. The van der Waals surface area contributed by atoms with Gasteiger partial charge < -0.3 is 20.3 Å². The van der Waals surface area contributed by atoms with E-state index < -0.39 is 0 Å². The molecule has 6 rings (SSSR count). The number of nitrogens with zero attached hydrogens (tertiary/aromatic N) is 3. The van der Waals surface area contributed by atoms with Crippen molar-refractivity contribution in [1.82, 2.24) is 19.9 Å². The average Bonchev–Trinajstić information content (AvgIpc) is 3.67. The monoisotopic (exact) mass is 589 g/mol. The Labute approximate surface area is 244 Å². The van der Waals surface area contributed by atoms with Crippen LogP contribution in [-0.2, 0) is 13.2 Å². The van der Waals surface area contributed by atoms with Crippen molar-refractivity contribution in [3.63, 3.8) is 0 Å². The number of thiophene rings is 1. The van der Waals surface area contributed by atoms with Gasteiger partial charge >= 0.3 is 0 Å². The predicted molar refractivity (Wildman–Crippen MR) is 157 cm³/mol. The highest BCUT2D eigenvalue weighted by molar-refractivity contribution is 7.20. The van der Waals surface area contributed by atoms with Crippen molar-refractivity contribution in [3.05, 3.63) is 88.3 Å². The molecule has 208 valence electrons. The Morgan fingerprint density at radius 2 is 1.95 bits per heavy atom. The lowest BCUT2D eigenvalue weighted by Gasteiger charge is -2.14. The topological polar surface area (TPSA) is 104 Å². The fourth-order valence-electron chi connectivity index (χ4n) is 4.71. The van der Waals surface area contributed by atoms with E-state index in [1.54, 1.807) is 24.3 Å². The van der Waals surface area contributed by atoms with Gasteiger partial charge in [0.25, 0.3) is 0 Å². The van der Waals surface area contributed by atoms with Crippen LogP contribution in [0.3, 0.4) is 0 Å². The Morgan fingerprint density at radius 1 is 1.10 bits per heavy atom. The van der Waals surface area contributed by atoms with Crippen molar-refractivity contribution < 1.29 is 19.3 Å². The van der Waals surface area contributed by atoms with Crippen LogP contribution in [0, 0.1) is 17.7 Å². The first-order chi connectivity index (χ1) is 19.9. The summed E-state index contributed by atoms with van der Waals surface area (Å²) in [6.45, 7) is 0.674. The molecule has 2 aromatic carbocycles. The van der Waals surface area contributed by atoms with Crippen LogP contribution in [0.4, 0.5) is 15.9 Å². The maximum Gasteiger partial charge on any atom is 0.193 e. The van der Waals surface area contributed by atoms with Crippen LogP contribution in [-0.4, -0.2) is 36.8 Å². The van der Waals surface area contributed by atoms with Crippen molar-refractivity contribution in [3.8, 4) is 29.4 Å². The van der Waals surface area contributed by atoms with Gasteiger partial charge in [0.15, 0.2) is 17.6 Å². The fourth-order valence-corrected chi connectivity index (χ4v) is 5.87. The van der Waals surface area contributed by atoms with E-state index in [4.69, 9.17) is 16.3 Å². The quantitative estimate of drug-likeness (QED) is 0.168. The first-order valence-corrected chi connectivity index (χ1v) is 14.1. The molecule has 0 aliphatic carbocycles. The highest BCUT2D eigenvalue weighted by Gasteiger charge is 2.24. The molecule has 0 bridgehead atoms. The van der Waals surface area contributed by atoms with E-state index in [0.717, 1.165) is 33.6 Å². The van der Waals surface area contributed by atoms with Gasteiger partial charge in [0.1, 0.15) is 24.5 Å². The zero-order valence-electron chi connectivity index (χ0n) is 21.6. The number of benzene rings is 2. The van der Waals surface area contributed by atoms with Gasteiger partial charge in [-0.3, -0.25) is 9.88 Å². The van der Waals surface area contributed by atoms with Crippen molar-refractivity contribution in [2.45, 2.75) is 38.1 Å². The molecule has 11 heteroatoms. The molecular weight excluding hydrogens is 565 g/mol. The number of aromatic nitrogens is 3. The van der Waals surface area contributed by atoms with Crippen molar-refractivity contribution in [2.75, 3.05) is 5.32 Å². The second-order valence-corrected chi connectivity index (χ2v) is 11.1. The van der Waals surface area contributed by atoms with Crippen molar-refractivity contribution in [1.29, 1.82) is 0 Å². The van der Waals surface area contributed by atoms with E-state index in [-0.39, 0.29) is 36.3 Å². The number of aromatic hydroxyl groups is 2. The molecule has 0 saturated carbocycles. The van der Waals surface area contributed by atoms with Gasteiger partial charge in [-0.15, -0.1) is 11.3 Å². The first-order valence-electron chi connectivity index (χ1n) is 12.9. The predicted octanol–water partition coefficient (Wildman–Crippen LogP) is 6.19. The van der Waals surface area contributed by atoms with Crippen LogP contribution in [0.5, 0.6) is 17.5 Å². The van der Waals surface area contributed by atoms with Crippen LogP contribution in [0.15, 0.2) is 67.0 Å². The molecule has 2 atom stereocenters. The minimum atomic E-state index is -0.313. The molecule has 41 heavy (non-hydrogen) atoms. The first kappa shape index (κ1) is 26.9. The lowest BCUT2D eigenvalue weighted by atomic mass is 10.2. The van der Waals surface area contributed by atoms with E-state index in [2.05, 4.69) is 32.4 Å². The summed E-state index contributed by atoms with van der Waals surface area (Å²) < 4.78 is 21.6. The van der Waals surface area contributed by atoms with Crippen LogP contribution in [0.1, 0.15) is 23.3 Å². The van der Waals surface area contributed by atoms with Gasteiger partial charge in [-0.05, 0) is 54.8 Å². The normalized spacial score (nSPS) is 16.4. The number of anilines is 2. The Bertz CT molecular complexity index is 1760. The summed E-state index contributed by atoms with van der Waals surface area (Å²) in [7, 11) is 0. The molecule has 1 aliphatic heterocycles. The van der Waals surface area contributed by atoms with Gasteiger partial charge in [0, 0.05) is 30.4 Å². The lowest BCUT2D eigenvalue weighted by molar-refractivity contribution is 0.306. The van der Waals surface area contributed by atoms with Crippen molar-refractivity contribution in [2.24, 2.45) is 0 Å². The van der Waals surface area contributed by atoms with Crippen LogP contribution < -0.4 is 15.4 Å². The van der Waals surface area contributed by atoms with E-state index in [1.807, 2.05) is 12.1 Å². The smallest absolute Gasteiger partial charge is 0.193 e. The van der Waals surface area contributed by atoms with E-state index >= 15 is 0 Å². The summed E-state index contributed by atoms with van der Waals surface area (Å²) in [5.41, 5.74) is 2.23. The molecule has 4 heterocycles. The molecule has 1 fully saturated rings. The third kappa shape index (κ3) is 6.23. The summed E-state index contributed by atoms with van der Waals surface area (Å²) in [6.07, 6.45) is 3.27. The number of ether oxygens (including phenoxy) is 1. The molecule has 5 aromatic rings. The van der Waals surface area contributed by atoms with Gasteiger partial charge in [0.05, 0.1) is 26.2 Å². The third-order valence-electron chi connectivity index (χ3n) is 6.74.